The van der Waals surface area contributed by atoms with E-state index in [9.17, 15) is 22.0 Å². The van der Waals surface area contributed by atoms with Gasteiger partial charge in [-0.25, -0.2) is 26.2 Å². The third-order valence-electron chi connectivity index (χ3n) is 6.96. The third-order valence-corrected chi connectivity index (χ3v) is 8.63. The van der Waals surface area contributed by atoms with Crippen molar-refractivity contribution in [2.24, 2.45) is 5.92 Å². The lowest BCUT2D eigenvalue weighted by Crippen LogP contribution is -2.36. The van der Waals surface area contributed by atoms with Crippen LogP contribution in [0.15, 0.2) is 59.9 Å². The number of hydrogen-bond acceptors (Lipinski definition) is 7. The molecule has 0 bridgehead atoms. The van der Waals surface area contributed by atoms with E-state index >= 15 is 0 Å². The SMILES string of the molecule is COC(=O)CC(Nc1cc(-c2cn(S(=O)(=O)c3ccc(C)cc3)c3ncc(F)cc23)ncc1F)C1CCC1. The predicted octanol–water partition coefficient (Wildman–Crippen LogP) is 5.07. The van der Waals surface area contributed by atoms with Gasteiger partial charge < -0.3 is 10.1 Å². The minimum atomic E-state index is -4.08. The monoisotopic (exact) mass is 540 g/mol. The number of nitrogens with one attached hydrogen (secondary N) is 1. The van der Waals surface area contributed by atoms with Crippen LogP contribution in [0.5, 0.6) is 0 Å². The summed E-state index contributed by atoms with van der Waals surface area (Å²) in [6.45, 7) is 1.84. The molecule has 0 aliphatic heterocycles. The van der Waals surface area contributed by atoms with E-state index in [1.165, 1.54) is 37.6 Å². The molecule has 8 nitrogen and oxygen atoms in total. The van der Waals surface area contributed by atoms with Gasteiger partial charge in [0.05, 0.1) is 42.2 Å². The molecule has 1 aliphatic rings. The number of rotatable bonds is 8. The van der Waals surface area contributed by atoms with Gasteiger partial charge in [0.2, 0.25) is 0 Å². The number of aromatic nitrogens is 3. The molecule has 1 fully saturated rings. The molecule has 3 aromatic heterocycles. The minimum Gasteiger partial charge on any atom is -0.469 e. The fraction of sp³-hybridized carbons (Fsp3) is 0.296. The van der Waals surface area contributed by atoms with E-state index < -0.39 is 27.6 Å². The molecule has 11 heteroatoms. The summed E-state index contributed by atoms with van der Waals surface area (Å²) in [5, 5.41) is 3.33. The summed E-state index contributed by atoms with van der Waals surface area (Å²) in [4.78, 5) is 20.2. The van der Waals surface area contributed by atoms with Gasteiger partial charge in [-0.1, -0.05) is 24.1 Å². The van der Waals surface area contributed by atoms with Crippen LogP contribution in [-0.4, -0.2) is 41.5 Å². The highest BCUT2D eigenvalue weighted by Crippen LogP contribution is 2.36. The number of methoxy groups -OCH3 is 1. The Balaban J connectivity index is 1.59. The maximum Gasteiger partial charge on any atom is 0.307 e. The van der Waals surface area contributed by atoms with Crippen LogP contribution in [0.1, 0.15) is 31.2 Å². The van der Waals surface area contributed by atoms with Crippen LogP contribution < -0.4 is 5.32 Å². The number of carbonyl (C=O) groups is 1. The number of carbonyl (C=O) groups excluding carboxylic acids is 1. The second-order valence-electron chi connectivity index (χ2n) is 9.45. The first-order valence-electron chi connectivity index (χ1n) is 12.2. The number of hydrogen-bond donors (Lipinski definition) is 1. The standard InChI is InChI=1S/C27H26F2N4O4S/c1-16-6-8-19(9-7-16)38(35,36)33-15-21(20-10-18(28)13-31-27(20)33)24-11-25(22(29)14-30-24)32-23(12-26(34)37-2)17-4-3-5-17/h6-11,13-15,17,23H,3-5,12H2,1-2H3,(H,30,32). The van der Waals surface area contributed by atoms with Crippen molar-refractivity contribution in [3.05, 3.63) is 72.2 Å². The highest BCUT2D eigenvalue weighted by atomic mass is 32.2. The first-order chi connectivity index (χ1) is 18.2. The predicted molar refractivity (Wildman–Crippen MR) is 138 cm³/mol. The molecule has 5 rings (SSSR count). The zero-order valence-corrected chi connectivity index (χ0v) is 21.6. The Morgan fingerprint density at radius 2 is 1.89 bits per heavy atom. The molecule has 38 heavy (non-hydrogen) atoms. The van der Waals surface area contributed by atoms with Crippen LogP contribution in [0, 0.1) is 24.5 Å². The van der Waals surface area contributed by atoms with Gasteiger partial charge in [-0.2, -0.15) is 0 Å². The number of fused-ring (bicyclic) bond motifs is 1. The maximum atomic E-state index is 14.9. The summed E-state index contributed by atoms with van der Waals surface area (Å²) >= 11 is 0. The number of nitrogens with zero attached hydrogens (tertiary/aromatic N) is 3. The highest BCUT2D eigenvalue weighted by molar-refractivity contribution is 7.90. The molecule has 0 amide bonds. The first kappa shape index (κ1) is 25.8. The van der Waals surface area contributed by atoms with Crippen molar-refractivity contribution < 1.29 is 26.7 Å². The number of anilines is 1. The van der Waals surface area contributed by atoms with E-state index in [-0.39, 0.29) is 51.3 Å². The van der Waals surface area contributed by atoms with Gasteiger partial charge in [0, 0.05) is 23.2 Å². The van der Waals surface area contributed by atoms with E-state index in [1.807, 2.05) is 6.92 Å². The topological polar surface area (TPSA) is 103 Å². The largest absolute Gasteiger partial charge is 0.469 e. The molecular weight excluding hydrogens is 514 g/mol. The molecule has 1 N–H and O–H groups in total. The molecule has 1 unspecified atom stereocenters. The lowest BCUT2D eigenvalue weighted by molar-refractivity contribution is -0.141. The van der Waals surface area contributed by atoms with E-state index in [2.05, 4.69) is 15.3 Å². The highest BCUT2D eigenvalue weighted by Gasteiger charge is 2.30. The smallest absolute Gasteiger partial charge is 0.307 e. The summed E-state index contributed by atoms with van der Waals surface area (Å²) in [5.74, 6) is -1.52. The van der Waals surface area contributed by atoms with Crippen LogP contribution in [0.25, 0.3) is 22.3 Å². The third kappa shape index (κ3) is 4.85. The van der Waals surface area contributed by atoms with Crippen molar-refractivity contribution in [1.82, 2.24) is 13.9 Å². The lowest BCUT2D eigenvalue weighted by Gasteiger charge is -2.34. The number of ether oxygens (including phenoxy) is 1. The molecule has 0 radical (unpaired) electrons. The van der Waals surface area contributed by atoms with Gasteiger partial charge in [-0.15, -0.1) is 0 Å². The Morgan fingerprint density at radius 1 is 1.16 bits per heavy atom. The molecule has 3 heterocycles. The van der Waals surface area contributed by atoms with E-state index in [1.54, 1.807) is 12.1 Å². The molecule has 1 aliphatic carbocycles. The molecule has 1 saturated carbocycles. The summed E-state index contributed by atoms with van der Waals surface area (Å²) in [6.07, 6.45) is 6.18. The maximum absolute atomic E-state index is 14.9. The number of aryl methyl sites for hydroxylation is 1. The summed E-state index contributed by atoms with van der Waals surface area (Å²) in [6, 6.07) is 8.59. The fourth-order valence-corrected chi connectivity index (χ4v) is 5.93. The molecular formula is C27H26F2N4O4S. The van der Waals surface area contributed by atoms with Gasteiger partial charge in [0.25, 0.3) is 10.0 Å². The molecule has 1 atom stereocenters. The van der Waals surface area contributed by atoms with Crippen molar-refractivity contribution in [3.63, 3.8) is 0 Å². The van der Waals surface area contributed by atoms with Crippen molar-refractivity contribution in [2.45, 2.75) is 43.5 Å². The van der Waals surface area contributed by atoms with Crippen LogP contribution in [0.4, 0.5) is 14.5 Å². The number of esters is 1. The number of benzene rings is 1. The Kier molecular flexibility index (Phi) is 6.87. The van der Waals surface area contributed by atoms with Gasteiger partial charge in [-0.05, 0) is 49.9 Å². The summed E-state index contributed by atoms with van der Waals surface area (Å²) < 4.78 is 61.9. The number of pyridine rings is 2. The minimum absolute atomic E-state index is 0.0145. The van der Waals surface area contributed by atoms with Crippen LogP contribution in [0.3, 0.4) is 0 Å². The normalized spacial score (nSPS) is 14.7. The molecule has 0 saturated heterocycles. The van der Waals surface area contributed by atoms with E-state index in [0.29, 0.717) is 0 Å². The average Bonchev–Trinajstić information content (AvgIpc) is 3.24. The van der Waals surface area contributed by atoms with Crippen molar-refractivity contribution >= 4 is 32.7 Å². The zero-order valence-electron chi connectivity index (χ0n) is 20.8. The second kappa shape index (κ2) is 10.1. The van der Waals surface area contributed by atoms with Crippen molar-refractivity contribution in [1.29, 1.82) is 0 Å². The average molecular weight is 541 g/mol. The summed E-state index contributed by atoms with van der Waals surface area (Å²) in [7, 11) is -2.78. The quantitative estimate of drug-likeness (QED) is 0.312. The number of halogens is 2. The van der Waals surface area contributed by atoms with E-state index in [4.69, 9.17) is 4.74 Å². The van der Waals surface area contributed by atoms with Crippen molar-refractivity contribution in [2.75, 3.05) is 12.4 Å². The molecule has 4 aromatic rings. The summed E-state index contributed by atoms with van der Waals surface area (Å²) in [5.41, 5.74) is 1.49. The Labute approximate surface area is 218 Å². The molecule has 0 spiro atoms. The fourth-order valence-electron chi connectivity index (χ4n) is 4.60. The van der Waals surface area contributed by atoms with Gasteiger partial charge in [0.15, 0.2) is 11.5 Å². The van der Waals surface area contributed by atoms with Crippen LogP contribution >= 0.6 is 0 Å². The molecule has 1 aromatic carbocycles. The second-order valence-corrected chi connectivity index (χ2v) is 11.3. The van der Waals surface area contributed by atoms with Gasteiger partial charge >= 0.3 is 5.97 Å². The van der Waals surface area contributed by atoms with Gasteiger partial charge in [0.1, 0.15) is 5.82 Å². The van der Waals surface area contributed by atoms with Crippen LogP contribution in [0.2, 0.25) is 0 Å². The molecule has 198 valence electrons. The lowest BCUT2D eigenvalue weighted by atomic mass is 9.78. The van der Waals surface area contributed by atoms with E-state index in [0.717, 1.165) is 41.2 Å². The van der Waals surface area contributed by atoms with Crippen molar-refractivity contribution in [3.8, 4) is 11.3 Å². The Bertz CT molecular complexity index is 1620. The Hall–Kier alpha value is -3.86. The van der Waals surface area contributed by atoms with Crippen LogP contribution in [-0.2, 0) is 19.6 Å². The zero-order chi connectivity index (χ0) is 27.0. The first-order valence-corrected chi connectivity index (χ1v) is 13.6. The van der Waals surface area contributed by atoms with Gasteiger partial charge in [-0.3, -0.25) is 9.78 Å². The Morgan fingerprint density at radius 3 is 2.55 bits per heavy atom.